The van der Waals surface area contributed by atoms with E-state index in [2.05, 4.69) is 37.4 Å². The zero-order chi connectivity index (χ0) is 19.1. The molecule has 0 spiro atoms. The number of nitrogens with one attached hydrogen (secondary N) is 1. The number of aryl methyl sites for hydroxylation is 2. The van der Waals surface area contributed by atoms with Crippen LogP contribution in [0.3, 0.4) is 0 Å². The van der Waals surface area contributed by atoms with Crippen LogP contribution in [0.25, 0.3) is 0 Å². The molecule has 2 aromatic carbocycles. The van der Waals surface area contributed by atoms with Crippen molar-refractivity contribution in [2.45, 2.75) is 32.6 Å². The quantitative estimate of drug-likeness (QED) is 0.729. The number of rotatable bonds is 7. The summed E-state index contributed by atoms with van der Waals surface area (Å²) in [6.45, 7) is 9.40. The van der Waals surface area contributed by atoms with Gasteiger partial charge in [-0.1, -0.05) is 17.7 Å². The Bertz CT molecular complexity index is 768. The Hall–Kier alpha value is -2.27. The van der Waals surface area contributed by atoms with Gasteiger partial charge in [-0.15, -0.1) is 11.8 Å². The average Bonchev–Trinajstić information content (AvgIpc) is 2.62. The molecule has 0 aliphatic heterocycles. The summed E-state index contributed by atoms with van der Waals surface area (Å²) in [7, 11) is 0. The lowest BCUT2D eigenvalue weighted by atomic mass is 10.2. The fourth-order valence-corrected chi connectivity index (χ4v) is 3.50. The minimum atomic E-state index is -0.0576. The molecule has 0 aliphatic carbocycles. The van der Waals surface area contributed by atoms with E-state index in [-0.39, 0.29) is 11.8 Å². The second kappa shape index (κ2) is 9.43. The molecule has 2 amide bonds. The van der Waals surface area contributed by atoms with E-state index in [0.29, 0.717) is 30.1 Å². The van der Waals surface area contributed by atoms with Crippen LogP contribution in [0.15, 0.2) is 47.4 Å². The first kappa shape index (κ1) is 20.0. The maximum absolute atomic E-state index is 12.3. The van der Waals surface area contributed by atoms with E-state index >= 15 is 0 Å². The summed E-state index contributed by atoms with van der Waals surface area (Å²) in [6, 6.07) is 13.3. The lowest BCUT2D eigenvalue weighted by Crippen LogP contribution is -2.30. The van der Waals surface area contributed by atoms with E-state index in [0.717, 1.165) is 4.90 Å². The highest BCUT2D eigenvalue weighted by atomic mass is 32.2. The molecule has 0 unspecified atom stereocenters. The van der Waals surface area contributed by atoms with Crippen molar-refractivity contribution < 1.29 is 9.59 Å². The van der Waals surface area contributed by atoms with Crippen LogP contribution < -0.4 is 5.32 Å². The number of hydrogen-bond acceptors (Lipinski definition) is 3. The van der Waals surface area contributed by atoms with Gasteiger partial charge in [0.2, 0.25) is 5.91 Å². The van der Waals surface area contributed by atoms with Crippen molar-refractivity contribution in [3.8, 4) is 0 Å². The normalized spacial score (nSPS) is 10.5. The molecule has 4 nitrogen and oxygen atoms in total. The van der Waals surface area contributed by atoms with E-state index in [9.17, 15) is 9.59 Å². The third-order valence-electron chi connectivity index (χ3n) is 4.16. The fraction of sp³-hybridized carbons (Fsp3) is 0.333. The maximum atomic E-state index is 12.3. The predicted octanol–water partition coefficient (Wildman–Crippen LogP) is 4.52. The molecule has 138 valence electrons. The Balaban J connectivity index is 1.92. The van der Waals surface area contributed by atoms with Gasteiger partial charge in [-0.25, -0.2) is 0 Å². The maximum Gasteiger partial charge on any atom is 0.253 e. The van der Waals surface area contributed by atoms with Gasteiger partial charge in [0.25, 0.3) is 5.91 Å². The van der Waals surface area contributed by atoms with Crippen LogP contribution in [0.5, 0.6) is 0 Å². The van der Waals surface area contributed by atoms with Crippen LogP contribution in [0, 0.1) is 13.8 Å². The van der Waals surface area contributed by atoms with Gasteiger partial charge < -0.3 is 10.2 Å². The first-order valence-corrected chi connectivity index (χ1v) is 9.82. The number of hydrogen-bond donors (Lipinski definition) is 1. The first-order valence-electron chi connectivity index (χ1n) is 8.83. The van der Waals surface area contributed by atoms with Crippen LogP contribution in [-0.4, -0.2) is 35.6 Å². The van der Waals surface area contributed by atoms with Gasteiger partial charge in [0, 0.05) is 29.2 Å². The smallest absolute Gasteiger partial charge is 0.253 e. The molecule has 0 heterocycles. The average molecular weight is 371 g/mol. The fourth-order valence-electron chi connectivity index (χ4n) is 2.69. The number of carbonyl (C=O) groups is 2. The largest absolute Gasteiger partial charge is 0.339 e. The van der Waals surface area contributed by atoms with Crippen molar-refractivity contribution in [3.63, 3.8) is 0 Å². The topological polar surface area (TPSA) is 49.4 Å². The van der Waals surface area contributed by atoms with Crippen LogP contribution in [0.2, 0.25) is 0 Å². The van der Waals surface area contributed by atoms with Gasteiger partial charge in [0.05, 0.1) is 5.75 Å². The standard InChI is InChI=1S/C21H26N2O2S/c1-5-23(6-2)21(25)17-8-10-18(11-9-17)22-20(24)14-26-19-12-7-15(3)13-16(19)4/h7-13H,5-6,14H2,1-4H3,(H,22,24). The highest BCUT2D eigenvalue weighted by molar-refractivity contribution is 8.00. The minimum absolute atomic E-state index is 0.0123. The number of thioether (sulfide) groups is 1. The molecule has 5 heteroatoms. The molecule has 2 rings (SSSR count). The van der Waals surface area contributed by atoms with E-state index in [1.54, 1.807) is 29.2 Å². The molecule has 2 aromatic rings. The lowest BCUT2D eigenvalue weighted by Gasteiger charge is -2.18. The van der Waals surface area contributed by atoms with E-state index in [1.807, 2.05) is 13.8 Å². The number of anilines is 1. The highest BCUT2D eigenvalue weighted by Gasteiger charge is 2.12. The van der Waals surface area contributed by atoms with Gasteiger partial charge in [-0.05, 0) is 63.6 Å². The number of benzene rings is 2. The second-order valence-corrected chi connectivity index (χ2v) is 7.18. The Morgan fingerprint density at radius 2 is 1.65 bits per heavy atom. The Morgan fingerprint density at radius 3 is 2.23 bits per heavy atom. The molecule has 0 radical (unpaired) electrons. The Labute approximate surface area is 160 Å². The summed E-state index contributed by atoms with van der Waals surface area (Å²) in [6.07, 6.45) is 0. The van der Waals surface area contributed by atoms with Crippen molar-refractivity contribution >= 4 is 29.3 Å². The minimum Gasteiger partial charge on any atom is -0.339 e. The van der Waals surface area contributed by atoms with Crippen LogP contribution >= 0.6 is 11.8 Å². The van der Waals surface area contributed by atoms with Crippen molar-refractivity contribution in [1.82, 2.24) is 4.90 Å². The molecular weight excluding hydrogens is 344 g/mol. The molecule has 1 N–H and O–H groups in total. The summed E-state index contributed by atoms with van der Waals surface area (Å²) < 4.78 is 0. The third-order valence-corrected chi connectivity index (χ3v) is 5.33. The van der Waals surface area contributed by atoms with Crippen molar-refractivity contribution in [2.75, 3.05) is 24.2 Å². The summed E-state index contributed by atoms with van der Waals surface area (Å²) in [4.78, 5) is 27.4. The molecule has 0 aromatic heterocycles. The van der Waals surface area contributed by atoms with Gasteiger partial charge in [0.1, 0.15) is 0 Å². The van der Waals surface area contributed by atoms with E-state index in [1.165, 1.54) is 22.9 Å². The molecule has 0 aliphatic rings. The summed E-state index contributed by atoms with van der Waals surface area (Å²) in [5.74, 6) is 0.306. The van der Waals surface area contributed by atoms with Crippen LogP contribution in [0.1, 0.15) is 35.3 Å². The van der Waals surface area contributed by atoms with E-state index in [4.69, 9.17) is 0 Å². The monoisotopic (exact) mass is 370 g/mol. The van der Waals surface area contributed by atoms with E-state index < -0.39 is 0 Å². The lowest BCUT2D eigenvalue weighted by molar-refractivity contribution is -0.113. The molecule has 0 fully saturated rings. The number of carbonyl (C=O) groups excluding carboxylic acids is 2. The second-order valence-electron chi connectivity index (χ2n) is 6.16. The Morgan fingerprint density at radius 1 is 1.00 bits per heavy atom. The van der Waals surface area contributed by atoms with Gasteiger partial charge in [0.15, 0.2) is 0 Å². The highest BCUT2D eigenvalue weighted by Crippen LogP contribution is 2.23. The predicted molar refractivity (Wildman–Crippen MR) is 109 cm³/mol. The molecule has 26 heavy (non-hydrogen) atoms. The van der Waals surface area contributed by atoms with Crippen molar-refractivity contribution in [2.24, 2.45) is 0 Å². The Kier molecular flexibility index (Phi) is 7.27. The zero-order valence-corrected chi connectivity index (χ0v) is 16.7. The van der Waals surface area contributed by atoms with Crippen molar-refractivity contribution in [1.29, 1.82) is 0 Å². The molecule has 0 saturated heterocycles. The van der Waals surface area contributed by atoms with Crippen LogP contribution in [-0.2, 0) is 4.79 Å². The van der Waals surface area contributed by atoms with Gasteiger partial charge >= 0.3 is 0 Å². The van der Waals surface area contributed by atoms with Gasteiger partial charge in [-0.3, -0.25) is 9.59 Å². The molecule has 0 bridgehead atoms. The molecule has 0 atom stereocenters. The summed E-state index contributed by atoms with van der Waals surface area (Å²) in [5, 5.41) is 2.88. The van der Waals surface area contributed by atoms with Crippen molar-refractivity contribution in [3.05, 3.63) is 59.2 Å². The summed E-state index contributed by atoms with van der Waals surface area (Å²) in [5.41, 5.74) is 3.74. The van der Waals surface area contributed by atoms with Crippen LogP contribution in [0.4, 0.5) is 5.69 Å². The third kappa shape index (κ3) is 5.36. The summed E-state index contributed by atoms with van der Waals surface area (Å²) >= 11 is 1.53. The zero-order valence-electron chi connectivity index (χ0n) is 15.8. The SMILES string of the molecule is CCN(CC)C(=O)c1ccc(NC(=O)CSc2ccc(C)cc2C)cc1. The molecular formula is C21H26N2O2S. The molecule has 0 saturated carbocycles. The van der Waals surface area contributed by atoms with Gasteiger partial charge in [-0.2, -0.15) is 0 Å². The first-order chi connectivity index (χ1) is 12.4. The number of nitrogens with zero attached hydrogens (tertiary/aromatic N) is 1. The number of amides is 2.